The second kappa shape index (κ2) is 10.5. The summed E-state index contributed by atoms with van der Waals surface area (Å²) in [5.41, 5.74) is 2.16. The van der Waals surface area contributed by atoms with Gasteiger partial charge in [-0.25, -0.2) is 9.59 Å². The average molecular weight is 380 g/mol. The summed E-state index contributed by atoms with van der Waals surface area (Å²) in [5.74, 6) is -0.716. The van der Waals surface area contributed by atoms with Crippen molar-refractivity contribution in [2.75, 3.05) is 6.61 Å². The Bertz CT molecular complexity index is 789. The molecule has 4 nitrogen and oxygen atoms in total. The lowest BCUT2D eigenvalue weighted by atomic mass is 9.78. The maximum absolute atomic E-state index is 11.9. The Morgan fingerprint density at radius 1 is 0.857 bits per heavy atom. The van der Waals surface area contributed by atoms with Crippen LogP contribution in [0, 0.1) is 0 Å². The number of rotatable bonds is 9. The number of carbonyl (C=O) groups excluding carboxylic acids is 2. The van der Waals surface area contributed by atoms with Crippen LogP contribution in [0.3, 0.4) is 0 Å². The minimum absolute atomic E-state index is 0.161. The zero-order valence-electron chi connectivity index (χ0n) is 16.8. The minimum Gasteiger partial charge on any atom is -0.463 e. The molecule has 4 heteroatoms. The molecule has 0 fully saturated rings. The van der Waals surface area contributed by atoms with Crippen molar-refractivity contribution < 1.29 is 19.1 Å². The number of benzene rings is 2. The Morgan fingerprint density at radius 3 is 2.11 bits per heavy atom. The van der Waals surface area contributed by atoms with Gasteiger partial charge in [0.1, 0.15) is 5.75 Å². The monoisotopic (exact) mass is 380 g/mol. The fraction of sp³-hybridized carbons (Fsp3) is 0.333. The van der Waals surface area contributed by atoms with Crippen LogP contribution in [-0.2, 0) is 19.7 Å². The number of hydrogen-bond donors (Lipinski definition) is 0. The first-order chi connectivity index (χ1) is 13.4. The van der Waals surface area contributed by atoms with Crippen molar-refractivity contribution in [2.45, 2.75) is 45.4 Å². The number of esters is 2. The van der Waals surface area contributed by atoms with Crippen molar-refractivity contribution in [3.05, 3.63) is 77.9 Å². The Kier molecular flexibility index (Phi) is 8.00. The Balaban J connectivity index is 1.90. The molecular weight excluding hydrogens is 352 g/mol. The molecule has 2 rings (SSSR count). The first-order valence-electron chi connectivity index (χ1n) is 9.66. The van der Waals surface area contributed by atoms with E-state index in [4.69, 9.17) is 9.47 Å². The highest BCUT2D eigenvalue weighted by Gasteiger charge is 2.22. The number of unbranched alkanes of at least 4 members (excludes halogenated alkanes) is 2. The van der Waals surface area contributed by atoms with E-state index in [1.807, 2.05) is 30.3 Å². The topological polar surface area (TPSA) is 52.6 Å². The highest BCUT2D eigenvalue weighted by molar-refractivity contribution is 5.92. The van der Waals surface area contributed by atoms with Crippen molar-refractivity contribution in [2.24, 2.45) is 0 Å². The molecule has 0 saturated carbocycles. The van der Waals surface area contributed by atoms with Gasteiger partial charge in [0.15, 0.2) is 0 Å². The van der Waals surface area contributed by atoms with E-state index in [1.54, 1.807) is 12.1 Å². The van der Waals surface area contributed by atoms with Crippen molar-refractivity contribution in [3.8, 4) is 5.75 Å². The van der Waals surface area contributed by atoms with Gasteiger partial charge in [-0.2, -0.15) is 0 Å². The van der Waals surface area contributed by atoms with Crippen LogP contribution in [0.2, 0.25) is 0 Å². The molecule has 148 valence electrons. The second-order valence-corrected chi connectivity index (χ2v) is 7.14. The third-order valence-corrected chi connectivity index (χ3v) is 4.64. The van der Waals surface area contributed by atoms with E-state index in [1.165, 1.54) is 5.56 Å². The molecule has 28 heavy (non-hydrogen) atoms. The average Bonchev–Trinajstić information content (AvgIpc) is 2.71. The molecule has 0 aliphatic rings. The summed E-state index contributed by atoms with van der Waals surface area (Å²) >= 11 is 0. The number of ether oxygens (including phenoxy) is 2. The van der Waals surface area contributed by atoms with Gasteiger partial charge >= 0.3 is 11.9 Å². The lowest BCUT2D eigenvalue weighted by molar-refractivity contribution is -0.138. The normalized spacial score (nSPS) is 11.4. The summed E-state index contributed by atoms with van der Waals surface area (Å²) in [7, 11) is 0. The van der Waals surface area contributed by atoms with Crippen LogP contribution >= 0.6 is 0 Å². The fourth-order valence-electron chi connectivity index (χ4n) is 2.82. The van der Waals surface area contributed by atoms with Gasteiger partial charge in [-0.1, -0.05) is 76.1 Å². The summed E-state index contributed by atoms with van der Waals surface area (Å²) in [5, 5.41) is 0. The third kappa shape index (κ3) is 6.38. The summed E-state index contributed by atoms with van der Waals surface area (Å²) in [6.07, 6.45) is 5.08. The van der Waals surface area contributed by atoms with Crippen molar-refractivity contribution in [1.29, 1.82) is 0 Å². The molecule has 0 N–H and O–H groups in total. The van der Waals surface area contributed by atoms with Crippen LogP contribution in [0.1, 0.15) is 51.2 Å². The molecule has 0 unspecified atom stereocenters. The second-order valence-electron chi connectivity index (χ2n) is 7.14. The van der Waals surface area contributed by atoms with Crippen LogP contribution in [-0.4, -0.2) is 18.5 Å². The van der Waals surface area contributed by atoms with Gasteiger partial charge in [-0.15, -0.1) is 0 Å². The molecule has 0 aromatic heterocycles. The van der Waals surface area contributed by atoms with E-state index in [-0.39, 0.29) is 5.41 Å². The predicted octanol–water partition coefficient (Wildman–Crippen LogP) is 5.21. The summed E-state index contributed by atoms with van der Waals surface area (Å²) in [6.45, 7) is 6.74. The fourth-order valence-corrected chi connectivity index (χ4v) is 2.82. The van der Waals surface area contributed by atoms with Gasteiger partial charge in [0, 0.05) is 17.6 Å². The summed E-state index contributed by atoms with van der Waals surface area (Å²) in [4.78, 5) is 23.4. The quantitative estimate of drug-likeness (QED) is 0.259. The molecule has 2 aromatic rings. The first kappa shape index (κ1) is 21.4. The molecule has 0 amide bonds. The highest BCUT2D eigenvalue weighted by Crippen LogP contribution is 2.32. The van der Waals surface area contributed by atoms with Crippen LogP contribution in [0.25, 0.3) is 0 Å². The van der Waals surface area contributed by atoms with Gasteiger partial charge in [0.05, 0.1) is 6.61 Å². The van der Waals surface area contributed by atoms with E-state index in [0.717, 1.165) is 37.0 Å². The molecule has 0 aliphatic heterocycles. The maximum Gasteiger partial charge on any atom is 0.336 e. The van der Waals surface area contributed by atoms with E-state index in [0.29, 0.717) is 12.4 Å². The number of hydrogen-bond acceptors (Lipinski definition) is 4. The molecule has 0 saturated heterocycles. The van der Waals surface area contributed by atoms with Crippen LogP contribution < -0.4 is 4.74 Å². The van der Waals surface area contributed by atoms with E-state index < -0.39 is 11.9 Å². The minimum atomic E-state index is -0.611. The molecule has 0 spiro atoms. The Morgan fingerprint density at radius 2 is 1.46 bits per heavy atom. The van der Waals surface area contributed by atoms with Gasteiger partial charge < -0.3 is 9.47 Å². The molecular formula is C24H28O4. The van der Waals surface area contributed by atoms with Crippen LogP contribution in [0.4, 0.5) is 0 Å². The zero-order valence-corrected chi connectivity index (χ0v) is 16.8. The van der Waals surface area contributed by atoms with E-state index in [9.17, 15) is 9.59 Å². The van der Waals surface area contributed by atoms with Gasteiger partial charge in [0.2, 0.25) is 0 Å². The summed E-state index contributed by atoms with van der Waals surface area (Å²) in [6, 6.07) is 17.6. The van der Waals surface area contributed by atoms with Gasteiger partial charge in [-0.3, -0.25) is 0 Å². The van der Waals surface area contributed by atoms with Crippen molar-refractivity contribution >= 4 is 11.9 Å². The van der Waals surface area contributed by atoms with E-state index >= 15 is 0 Å². The third-order valence-electron chi connectivity index (χ3n) is 4.64. The Labute approximate surface area is 167 Å². The van der Waals surface area contributed by atoms with Gasteiger partial charge in [0.25, 0.3) is 0 Å². The van der Waals surface area contributed by atoms with Crippen LogP contribution in [0.5, 0.6) is 5.75 Å². The molecule has 0 radical (unpaired) electrons. The van der Waals surface area contributed by atoms with Crippen LogP contribution in [0.15, 0.2) is 66.7 Å². The van der Waals surface area contributed by atoms with E-state index in [2.05, 4.69) is 32.9 Å². The smallest absolute Gasteiger partial charge is 0.336 e. The summed E-state index contributed by atoms with van der Waals surface area (Å²) < 4.78 is 10.3. The lowest BCUT2D eigenvalue weighted by Gasteiger charge is -2.26. The first-order valence-corrected chi connectivity index (χ1v) is 9.66. The van der Waals surface area contributed by atoms with Gasteiger partial charge in [-0.05, 0) is 29.7 Å². The highest BCUT2D eigenvalue weighted by atomic mass is 16.5. The van der Waals surface area contributed by atoms with Crippen molar-refractivity contribution in [3.63, 3.8) is 0 Å². The molecule has 2 aromatic carbocycles. The zero-order chi connectivity index (χ0) is 20.4. The van der Waals surface area contributed by atoms with Crippen molar-refractivity contribution in [1.82, 2.24) is 0 Å². The Hall–Kier alpha value is -2.88. The maximum atomic E-state index is 11.9. The molecule has 0 bridgehead atoms. The molecule has 0 atom stereocenters. The standard InChI is InChI=1S/C24H28O4/c1-4-5-9-18-27-22(25)16-17-23(26)28-21-14-12-20(13-15-21)24(2,3)19-10-7-6-8-11-19/h6-8,10-17H,4-5,9,18H2,1-3H3/b17-16+. The molecule has 0 aliphatic carbocycles. The lowest BCUT2D eigenvalue weighted by Crippen LogP contribution is -2.18. The predicted molar refractivity (Wildman–Crippen MR) is 110 cm³/mol. The molecule has 0 heterocycles. The largest absolute Gasteiger partial charge is 0.463 e. The SMILES string of the molecule is CCCCCOC(=O)/C=C/C(=O)Oc1ccc(C(C)(C)c2ccccc2)cc1. The number of carbonyl (C=O) groups is 2.